The minimum Gasteiger partial charge on any atom is -0.368 e. The Morgan fingerprint density at radius 2 is 2.13 bits per heavy atom. The zero-order chi connectivity index (χ0) is 10.4. The van der Waals surface area contributed by atoms with Gasteiger partial charge in [0.1, 0.15) is 6.10 Å². The highest BCUT2D eigenvalue weighted by atomic mass is 16.6. The van der Waals surface area contributed by atoms with Gasteiger partial charge in [0.25, 0.3) is 0 Å². The molecule has 3 heteroatoms. The van der Waals surface area contributed by atoms with E-state index in [1.54, 1.807) is 6.07 Å². The number of ether oxygens (including phenoxy) is 1. The number of benzene rings is 1. The van der Waals surface area contributed by atoms with E-state index in [-0.39, 0.29) is 11.7 Å². The molecule has 1 atom stereocenters. The van der Waals surface area contributed by atoms with Crippen molar-refractivity contribution in [1.29, 1.82) is 0 Å². The monoisotopic (exact) mass is 201 g/mol. The largest absolute Gasteiger partial charge is 0.368 e. The standard InChI is InChI=1S/C12H11NO2/c1-7-2-3-8(10-6-15-10)9-4-5-11(14)13-12(7)9/h2-5,10H,6H2,1H3,(H,13,14). The van der Waals surface area contributed by atoms with E-state index in [0.29, 0.717) is 0 Å². The molecule has 2 heterocycles. The summed E-state index contributed by atoms with van der Waals surface area (Å²) >= 11 is 0. The third-order valence-corrected chi connectivity index (χ3v) is 2.82. The molecule has 1 aromatic carbocycles. The number of hydrogen-bond donors (Lipinski definition) is 1. The first-order valence-corrected chi connectivity index (χ1v) is 5.00. The van der Waals surface area contributed by atoms with E-state index in [9.17, 15) is 4.79 Å². The third-order valence-electron chi connectivity index (χ3n) is 2.82. The molecule has 1 aromatic heterocycles. The van der Waals surface area contributed by atoms with Crippen LogP contribution in [-0.4, -0.2) is 11.6 Å². The molecule has 0 saturated carbocycles. The van der Waals surface area contributed by atoms with Gasteiger partial charge in [-0.25, -0.2) is 0 Å². The summed E-state index contributed by atoms with van der Waals surface area (Å²) in [4.78, 5) is 14.1. The maximum Gasteiger partial charge on any atom is 0.248 e. The van der Waals surface area contributed by atoms with Crippen LogP contribution in [-0.2, 0) is 4.74 Å². The van der Waals surface area contributed by atoms with E-state index < -0.39 is 0 Å². The van der Waals surface area contributed by atoms with E-state index in [4.69, 9.17) is 4.74 Å². The molecule has 1 N–H and O–H groups in total. The predicted octanol–water partition coefficient (Wildman–Crippen LogP) is 1.91. The lowest BCUT2D eigenvalue weighted by Crippen LogP contribution is -2.04. The maximum atomic E-state index is 11.2. The quantitative estimate of drug-likeness (QED) is 0.716. The van der Waals surface area contributed by atoms with Crippen LogP contribution >= 0.6 is 0 Å². The number of aromatic amines is 1. The minimum absolute atomic E-state index is 0.0561. The molecular weight excluding hydrogens is 190 g/mol. The number of H-pyrrole nitrogens is 1. The summed E-state index contributed by atoms with van der Waals surface area (Å²) in [5.41, 5.74) is 3.13. The summed E-state index contributed by atoms with van der Waals surface area (Å²) in [5.74, 6) is 0. The van der Waals surface area contributed by atoms with Crippen LogP contribution in [0, 0.1) is 6.92 Å². The van der Waals surface area contributed by atoms with Crippen molar-refractivity contribution < 1.29 is 4.74 Å². The fraction of sp³-hybridized carbons (Fsp3) is 0.250. The Bertz CT molecular complexity index is 582. The minimum atomic E-state index is -0.0561. The van der Waals surface area contributed by atoms with Crippen molar-refractivity contribution in [2.45, 2.75) is 13.0 Å². The Labute approximate surface area is 86.7 Å². The van der Waals surface area contributed by atoms with Gasteiger partial charge in [-0.15, -0.1) is 0 Å². The van der Waals surface area contributed by atoms with Gasteiger partial charge in [-0.05, 0) is 24.1 Å². The number of fused-ring (bicyclic) bond motifs is 1. The van der Waals surface area contributed by atoms with Crippen molar-refractivity contribution in [2.24, 2.45) is 0 Å². The molecule has 0 bridgehead atoms. The third kappa shape index (κ3) is 1.36. The van der Waals surface area contributed by atoms with Gasteiger partial charge in [0, 0.05) is 11.5 Å². The summed E-state index contributed by atoms with van der Waals surface area (Å²) in [6.45, 7) is 2.78. The lowest BCUT2D eigenvalue weighted by molar-refractivity contribution is 0.417. The number of epoxide rings is 1. The summed E-state index contributed by atoms with van der Waals surface area (Å²) in [7, 11) is 0. The highest BCUT2D eigenvalue weighted by molar-refractivity contribution is 5.85. The molecule has 1 fully saturated rings. The van der Waals surface area contributed by atoms with Crippen LogP contribution in [0.15, 0.2) is 29.1 Å². The molecule has 1 saturated heterocycles. The van der Waals surface area contributed by atoms with Crippen molar-refractivity contribution in [3.63, 3.8) is 0 Å². The summed E-state index contributed by atoms with van der Waals surface area (Å²) in [6, 6.07) is 7.54. The maximum absolute atomic E-state index is 11.2. The molecule has 15 heavy (non-hydrogen) atoms. The topological polar surface area (TPSA) is 45.4 Å². The van der Waals surface area contributed by atoms with E-state index in [1.165, 1.54) is 5.56 Å². The van der Waals surface area contributed by atoms with Gasteiger partial charge in [-0.1, -0.05) is 12.1 Å². The molecule has 76 valence electrons. The van der Waals surface area contributed by atoms with Gasteiger partial charge in [-0.2, -0.15) is 0 Å². The SMILES string of the molecule is Cc1ccc(C2CO2)c2ccc(=O)[nH]c12. The number of aryl methyl sites for hydroxylation is 1. The highest BCUT2D eigenvalue weighted by Gasteiger charge is 2.26. The summed E-state index contributed by atoms with van der Waals surface area (Å²) < 4.78 is 5.28. The van der Waals surface area contributed by atoms with Crippen molar-refractivity contribution in [3.05, 3.63) is 45.7 Å². The second-order valence-corrected chi connectivity index (χ2v) is 3.90. The Hall–Kier alpha value is -1.61. The number of nitrogens with one attached hydrogen (secondary N) is 1. The van der Waals surface area contributed by atoms with Crippen LogP contribution in [0.2, 0.25) is 0 Å². The van der Waals surface area contributed by atoms with E-state index in [2.05, 4.69) is 11.1 Å². The van der Waals surface area contributed by atoms with Crippen LogP contribution < -0.4 is 5.56 Å². The Balaban J connectivity index is 2.39. The van der Waals surface area contributed by atoms with Crippen LogP contribution in [0.25, 0.3) is 10.9 Å². The molecule has 0 radical (unpaired) electrons. The van der Waals surface area contributed by atoms with Crippen LogP contribution in [0.5, 0.6) is 0 Å². The number of pyridine rings is 1. The van der Waals surface area contributed by atoms with E-state index in [1.807, 2.05) is 19.1 Å². The normalized spacial score (nSPS) is 19.4. The van der Waals surface area contributed by atoms with E-state index >= 15 is 0 Å². The summed E-state index contributed by atoms with van der Waals surface area (Å²) in [5, 5.41) is 1.09. The van der Waals surface area contributed by atoms with Crippen molar-refractivity contribution in [3.8, 4) is 0 Å². The lowest BCUT2D eigenvalue weighted by Gasteiger charge is -2.05. The van der Waals surface area contributed by atoms with Gasteiger partial charge in [0.15, 0.2) is 0 Å². The molecule has 1 aliphatic rings. The number of aromatic nitrogens is 1. The predicted molar refractivity (Wildman–Crippen MR) is 58.0 cm³/mol. The fourth-order valence-corrected chi connectivity index (χ4v) is 1.92. The molecule has 0 aliphatic carbocycles. The van der Waals surface area contributed by atoms with Gasteiger partial charge in [0.2, 0.25) is 5.56 Å². The van der Waals surface area contributed by atoms with Crippen molar-refractivity contribution >= 4 is 10.9 Å². The molecule has 1 aliphatic heterocycles. The zero-order valence-electron chi connectivity index (χ0n) is 8.41. The first-order valence-electron chi connectivity index (χ1n) is 5.00. The van der Waals surface area contributed by atoms with Crippen molar-refractivity contribution in [1.82, 2.24) is 4.98 Å². The fourth-order valence-electron chi connectivity index (χ4n) is 1.92. The molecule has 0 amide bonds. The average Bonchev–Trinajstić information content (AvgIpc) is 3.03. The van der Waals surface area contributed by atoms with Crippen molar-refractivity contribution in [2.75, 3.05) is 6.61 Å². The van der Waals surface area contributed by atoms with Gasteiger partial charge in [-0.3, -0.25) is 4.79 Å². The number of rotatable bonds is 1. The first-order chi connectivity index (χ1) is 7.25. The molecular formula is C12H11NO2. The summed E-state index contributed by atoms with van der Waals surface area (Å²) in [6.07, 6.45) is 0.221. The van der Waals surface area contributed by atoms with Crippen LogP contribution in [0.1, 0.15) is 17.2 Å². The number of hydrogen-bond acceptors (Lipinski definition) is 2. The molecule has 0 spiro atoms. The smallest absolute Gasteiger partial charge is 0.248 e. The molecule has 1 unspecified atom stereocenters. The van der Waals surface area contributed by atoms with Gasteiger partial charge >= 0.3 is 0 Å². The Morgan fingerprint density at radius 3 is 2.87 bits per heavy atom. The zero-order valence-corrected chi connectivity index (χ0v) is 8.41. The average molecular weight is 201 g/mol. The second kappa shape index (κ2) is 2.94. The van der Waals surface area contributed by atoms with E-state index in [0.717, 1.165) is 23.1 Å². The first kappa shape index (κ1) is 8.68. The molecule has 3 rings (SSSR count). The molecule has 3 nitrogen and oxygen atoms in total. The lowest BCUT2D eigenvalue weighted by atomic mass is 10.0. The Morgan fingerprint density at radius 1 is 1.33 bits per heavy atom. The molecule has 2 aromatic rings. The van der Waals surface area contributed by atoms with Gasteiger partial charge < -0.3 is 9.72 Å². The van der Waals surface area contributed by atoms with Crippen LogP contribution in [0.3, 0.4) is 0 Å². The second-order valence-electron chi connectivity index (χ2n) is 3.90. The highest BCUT2D eigenvalue weighted by Crippen LogP contribution is 2.34. The Kier molecular flexibility index (Phi) is 1.70. The van der Waals surface area contributed by atoms with Crippen LogP contribution in [0.4, 0.5) is 0 Å². The van der Waals surface area contributed by atoms with Gasteiger partial charge in [0.05, 0.1) is 12.1 Å².